The lowest BCUT2D eigenvalue weighted by atomic mass is 9.83. The van der Waals surface area contributed by atoms with Gasteiger partial charge in [-0.25, -0.2) is 13.2 Å². The number of aromatic nitrogens is 1. The molecule has 184 valence electrons. The quantitative estimate of drug-likeness (QED) is 0.459. The number of H-pyrrole nitrogens is 1. The van der Waals surface area contributed by atoms with Crippen LogP contribution in [0.25, 0.3) is 22.2 Å². The third-order valence-electron chi connectivity index (χ3n) is 6.38. The van der Waals surface area contributed by atoms with E-state index in [2.05, 4.69) is 4.98 Å². The summed E-state index contributed by atoms with van der Waals surface area (Å²) in [5.41, 5.74) is 1.58. The van der Waals surface area contributed by atoms with Gasteiger partial charge in [-0.2, -0.15) is 0 Å². The predicted octanol–water partition coefficient (Wildman–Crippen LogP) is 6.44. The Balaban J connectivity index is 0.000000183. The predicted molar refractivity (Wildman–Crippen MR) is 129 cm³/mol. The highest BCUT2D eigenvalue weighted by atomic mass is 19.1. The van der Waals surface area contributed by atoms with Gasteiger partial charge in [0.25, 0.3) is 0 Å². The molecule has 1 aliphatic heterocycles. The normalized spacial score (nSPS) is 17.8. The third-order valence-corrected chi connectivity index (χ3v) is 6.38. The molecule has 1 aromatic heterocycles. The number of nitrogens with zero attached hydrogens (tertiary/aromatic N) is 1. The Morgan fingerprint density at radius 3 is 2.29 bits per heavy atom. The Morgan fingerprint density at radius 1 is 0.971 bits per heavy atom. The number of halogens is 3. The molecule has 2 N–H and O–H groups in total. The molecule has 4 nitrogen and oxygen atoms in total. The van der Waals surface area contributed by atoms with Crippen LogP contribution in [0.2, 0.25) is 0 Å². The number of amides is 1. The van der Waals surface area contributed by atoms with Gasteiger partial charge in [0, 0.05) is 29.6 Å². The zero-order valence-electron chi connectivity index (χ0n) is 19.8. The van der Waals surface area contributed by atoms with Crippen molar-refractivity contribution in [1.29, 1.82) is 0 Å². The number of rotatable bonds is 3. The molecule has 0 radical (unpaired) electrons. The zero-order valence-corrected chi connectivity index (χ0v) is 19.8. The fourth-order valence-electron chi connectivity index (χ4n) is 4.32. The standard InChI is InChI=1S/C14H8F3N.C11H19NO2.C2H6/c15-10-3-1-8(2-4-10)13-6-9-5-11(16)7-12(17)14(9)18-13;13-8-10-6-1-2-7-12(10)11(14)9-4-3-5-9;1-2/h1-7,18H;9-10,13H,1-8H2;1-2H3. The average Bonchev–Trinajstić information content (AvgIpc) is 3.24. The molecular formula is C27H33F3N2O2. The van der Waals surface area contributed by atoms with Crippen LogP contribution in [0.4, 0.5) is 13.2 Å². The topological polar surface area (TPSA) is 56.3 Å². The molecule has 1 unspecified atom stereocenters. The van der Waals surface area contributed by atoms with E-state index in [0.29, 0.717) is 22.6 Å². The molecule has 34 heavy (non-hydrogen) atoms. The van der Waals surface area contributed by atoms with E-state index in [1.165, 1.54) is 24.6 Å². The van der Waals surface area contributed by atoms with Crippen molar-refractivity contribution < 1.29 is 23.1 Å². The number of likely N-dealkylation sites (tertiary alicyclic amines) is 1. The van der Waals surface area contributed by atoms with Crippen LogP contribution in [0.1, 0.15) is 52.4 Å². The van der Waals surface area contributed by atoms with Gasteiger partial charge < -0.3 is 15.0 Å². The Bertz CT molecular complexity index is 1080. The van der Waals surface area contributed by atoms with E-state index in [1.54, 1.807) is 18.2 Å². The van der Waals surface area contributed by atoms with Gasteiger partial charge in [0.15, 0.2) is 0 Å². The van der Waals surface area contributed by atoms with E-state index in [0.717, 1.165) is 44.7 Å². The Morgan fingerprint density at radius 2 is 1.68 bits per heavy atom. The largest absolute Gasteiger partial charge is 0.394 e. The molecule has 7 heteroatoms. The molecule has 5 rings (SSSR count). The third kappa shape index (κ3) is 6.00. The second-order valence-corrected chi connectivity index (χ2v) is 8.53. The minimum absolute atomic E-state index is 0.108. The van der Waals surface area contributed by atoms with Crippen molar-refractivity contribution in [2.24, 2.45) is 5.92 Å². The van der Waals surface area contributed by atoms with Gasteiger partial charge in [0.05, 0.1) is 18.2 Å². The number of piperidine rings is 1. The molecule has 1 amide bonds. The fraction of sp³-hybridized carbons (Fsp3) is 0.444. The minimum Gasteiger partial charge on any atom is -0.394 e. The maximum absolute atomic E-state index is 13.5. The van der Waals surface area contributed by atoms with E-state index >= 15 is 0 Å². The lowest BCUT2D eigenvalue weighted by Crippen LogP contribution is -2.49. The number of nitrogens with one attached hydrogen (secondary N) is 1. The summed E-state index contributed by atoms with van der Waals surface area (Å²) in [5, 5.41) is 9.64. The molecule has 1 aliphatic carbocycles. The number of hydrogen-bond acceptors (Lipinski definition) is 2. The first-order chi connectivity index (χ1) is 16.5. The van der Waals surface area contributed by atoms with Gasteiger partial charge in [0.1, 0.15) is 17.5 Å². The van der Waals surface area contributed by atoms with Crippen LogP contribution in [0.15, 0.2) is 42.5 Å². The summed E-state index contributed by atoms with van der Waals surface area (Å²) in [6.07, 6.45) is 6.57. The second-order valence-electron chi connectivity index (χ2n) is 8.53. The molecule has 0 bridgehead atoms. The molecule has 1 saturated carbocycles. The molecule has 2 aliphatic rings. The van der Waals surface area contributed by atoms with Crippen LogP contribution in [0, 0.1) is 23.4 Å². The number of carbonyl (C=O) groups excluding carboxylic acids is 1. The molecule has 2 fully saturated rings. The number of aliphatic hydroxyl groups excluding tert-OH is 1. The van der Waals surface area contributed by atoms with Crippen LogP contribution in [0.3, 0.4) is 0 Å². The van der Waals surface area contributed by atoms with Crippen molar-refractivity contribution in [3.63, 3.8) is 0 Å². The van der Waals surface area contributed by atoms with Crippen LogP contribution < -0.4 is 0 Å². The number of carbonyl (C=O) groups is 1. The number of hydrogen-bond donors (Lipinski definition) is 2. The van der Waals surface area contributed by atoms with E-state index in [1.807, 2.05) is 18.7 Å². The zero-order chi connectivity index (χ0) is 24.7. The number of fused-ring (bicyclic) bond motifs is 1. The van der Waals surface area contributed by atoms with Gasteiger partial charge in [0.2, 0.25) is 5.91 Å². The van der Waals surface area contributed by atoms with Gasteiger partial charge >= 0.3 is 0 Å². The number of benzene rings is 2. The monoisotopic (exact) mass is 474 g/mol. The molecule has 1 atom stereocenters. The number of aromatic amines is 1. The molecular weight excluding hydrogens is 441 g/mol. The van der Waals surface area contributed by atoms with E-state index in [-0.39, 0.29) is 29.9 Å². The first kappa shape index (κ1) is 25.8. The van der Waals surface area contributed by atoms with E-state index < -0.39 is 11.6 Å². The Kier molecular flexibility index (Phi) is 9.16. The summed E-state index contributed by atoms with van der Waals surface area (Å²) in [4.78, 5) is 16.8. The summed E-state index contributed by atoms with van der Waals surface area (Å²) >= 11 is 0. The summed E-state index contributed by atoms with van der Waals surface area (Å²) in [6, 6.07) is 9.61. The molecule has 3 aromatic rings. The van der Waals surface area contributed by atoms with Crippen molar-refractivity contribution in [1.82, 2.24) is 9.88 Å². The van der Waals surface area contributed by atoms with Gasteiger partial charge in [-0.05, 0) is 74.1 Å². The average molecular weight is 475 g/mol. The molecule has 1 saturated heterocycles. The van der Waals surface area contributed by atoms with E-state index in [9.17, 15) is 23.1 Å². The highest BCUT2D eigenvalue weighted by molar-refractivity contribution is 5.86. The van der Waals surface area contributed by atoms with Crippen molar-refractivity contribution in [2.75, 3.05) is 13.2 Å². The lowest BCUT2D eigenvalue weighted by Gasteiger charge is -2.39. The fourth-order valence-corrected chi connectivity index (χ4v) is 4.32. The summed E-state index contributed by atoms with van der Waals surface area (Å²) in [6.45, 7) is 5.00. The van der Waals surface area contributed by atoms with Crippen LogP contribution in [-0.4, -0.2) is 40.1 Å². The van der Waals surface area contributed by atoms with Crippen molar-refractivity contribution >= 4 is 16.8 Å². The van der Waals surface area contributed by atoms with Crippen molar-refractivity contribution in [2.45, 2.75) is 58.4 Å². The first-order valence-electron chi connectivity index (χ1n) is 12.1. The Hall–Kier alpha value is -2.80. The highest BCUT2D eigenvalue weighted by Gasteiger charge is 2.33. The summed E-state index contributed by atoms with van der Waals surface area (Å²) in [5.74, 6) is -1.02. The second kappa shape index (κ2) is 12.1. The summed E-state index contributed by atoms with van der Waals surface area (Å²) < 4.78 is 39.4. The van der Waals surface area contributed by atoms with Crippen molar-refractivity contribution in [3.05, 3.63) is 59.9 Å². The van der Waals surface area contributed by atoms with Crippen molar-refractivity contribution in [3.8, 4) is 11.3 Å². The van der Waals surface area contributed by atoms with Gasteiger partial charge in [-0.15, -0.1) is 0 Å². The summed E-state index contributed by atoms with van der Waals surface area (Å²) in [7, 11) is 0. The van der Waals surface area contributed by atoms with Gasteiger partial charge in [-0.3, -0.25) is 4.79 Å². The first-order valence-corrected chi connectivity index (χ1v) is 12.1. The molecule has 2 aromatic carbocycles. The lowest BCUT2D eigenvalue weighted by molar-refractivity contribution is -0.143. The highest BCUT2D eigenvalue weighted by Crippen LogP contribution is 2.30. The van der Waals surface area contributed by atoms with Crippen LogP contribution in [0.5, 0.6) is 0 Å². The Labute approximate surface area is 198 Å². The smallest absolute Gasteiger partial charge is 0.226 e. The van der Waals surface area contributed by atoms with E-state index in [4.69, 9.17) is 0 Å². The maximum Gasteiger partial charge on any atom is 0.226 e. The number of aliphatic hydroxyl groups is 1. The van der Waals surface area contributed by atoms with Crippen LogP contribution >= 0.6 is 0 Å². The minimum atomic E-state index is -0.640. The maximum atomic E-state index is 13.5. The molecule has 0 spiro atoms. The van der Waals surface area contributed by atoms with Gasteiger partial charge in [-0.1, -0.05) is 20.3 Å². The molecule has 2 heterocycles. The SMILES string of the molecule is CC.Fc1ccc(-c2cc3cc(F)cc(F)c3[nH]2)cc1.O=C(C1CCC1)N1CCCCC1CO. The van der Waals surface area contributed by atoms with Crippen LogP contribution in [-0.2, 0) is 4.79 Å².